The van der Waals surface area contributed by atoms with Gasteiger partial charge in [-0.25, -0.2) is 0 Å². The number of benzene rings is 1. The normalized spacial score (nSPS) is 25.3. The van der Waals surface area contributed by atoms with Crippen LogP contribution in [-0.4, -0.2) is 36.8 Å². The van der Waals surface area contributed by atoms with Crippen molar-refractivity contribution < 1.29 is 0 Å². The number of rotatable bonds is 3. The topological polar surface area (TPSA) is 29.3 Å². The van der Waals surface area contributed by atoms with Crippen LogP contribution >= 0.6 is 11.8 Å². The fourth-order valence-corrected chi connectivity index (χ4v) is 4.34. The molecule has 0 spiro atoms. The molecule has 1 aromatic carbocycles. The zero-order chi connectivity index (χ0) is 12.4. The number of likely N-dealkylation sites (tertiary alicyclic amines) is 1. The van der Waals surface area contributed by atoms with E-state index in [0.717, 1.165) is 18.4 Å². The molecular formula is C15H22N2S. The Morgan fingerprint density at radius 2 is 2.00 bits per heavy atom. The standard InChI is InChI=1S/C15H22N2S/c16-9-12-5-7-17(8-6-12)10-13-11-18-15-4-2-1-3-14(13)15/h1-4,12-13H,5-11,16H2. The molecule has 1 unspecified atom stereocenters. The van der Waals surface area contributed by atoms with Crippen molar-refractivity contribution in [1.29, 1.82) is 0 Å². The number of fused-ring (bicyclic) bond motifs is 1. The first-order valence-corrected chi connectivity index (χ1v) is 7.99. The van der Waals surface area contributed by atoms with Gasteiger partial charge in [0.15, 0.2) is 0 Å². The maximum atomic E-state index is 5.75. The molecule has 0 bridgehead atoms. The summed E-state index contributed by atoms with van der Waals surface area (Å²) in [5, 5.41) is 0. The van der Waals surface area contributed by atoms with Crippen LogP contribution in [0.2, 0.25) is 0 Å². The first kappa shape index (κ1) is 12.5. The Morgan fingerprint density at radius 3 is 2.78 bits per heavy atom. The molecular weight excluding hydrogens is 240 g/mol. The summed E-state index contributed by atoms with van der Waals surface area (Å²) in [6.45, 7) is 4.59. The van der Waals surface area contributed by atoms with Crippen molar-refractivity contribution >= 4 is 11.8 Å². The zero-order valence-corrected chi connectivity index (χ0v) is 11.7. The fraction of sp³-hybridized carbons (Fsp3) is 0.600. The van der Waals surface area contributed by atoms with Gasteiger partial charge in [0.2, 0.25) is 0 Å². The molecule has 1 fully saturated rings. The predicted octanol–water partition coefficient (Wildman–Crippen LogP) is 2.55. The molecule has 1 atom stereocenters. The highest BCUT2D eigenvalue weighted by Gasteiger charge is 2.26. The van der Waals surface area contributed by atoms with Crippen molar-refractivity contribution in [1.82, 2.24) is 4.90 Å². The third-order valence-corrected chi connectivity index (χ3v) is 5.57. The van der Waals surface area contributed by atoms with E-state index in [0.29, 0.717) is 0 Å². The Morgan fingerprint density at radius 1 is 1.22 bits per heavy atom. The Bertz CT molecular complexity index is 399. The minimum atomic E-state index is 0.737. The highest BCUT2D eigenvalue weighted by Crippen LogP contribution is 2.39. The van der Waals surface area contributed by atoms with Crippen LogP contribution in [-0.2, 0) is 0 Å². The summed E-state index contributed by atoms with van der Waals surface area (Å²) in [5.74, 6) is 2.77. The highest BCUT2D eigenvalue weighted by atomic mass is 32.2. The van der Waals surface area contributed by atoms with Gasteiger partial charge in [-0.15, -0.1) is 11.8 Å². The second kappa shape index (κ2) is 5.64. The van der Waals surface area contributed by atoms with Gasteiger partial charge in [0, 0.05) is 23.1 Å². The van der Waals surface area contributed by atoms with Gasteiger partial charge in [0.25, 0.3) is 0 Å². The predicted molar refractivity (Wildman–Crippen MR) is 78.1 cm³/mol. The lowest BCUT2D eigenvalue weighted by molar-refractivity contribution is 0.181. The summed E-state index contributed by atoms with van der Waals surface area (Å²) in [6.07, 6.45) is 2.58. The quantitative estimate of drug-likeness (QED) is 0.907. The maximum absolute atomic E-state index is 5.75. The van der Waals surface area contributed by atoms with Crippen LogP contribution in [0.4, 0.5) is 0 Å². The molecule has 3 rings (SSSR count). The molecule has 0 saturated carbocycles. The van der Waals surface area contributed by atoms with E-state index < -0.39 is 0 Å². The lowest BCUT2D eigenvalue weighted by atomic mass is 9.95. The second-order valence-corrected chi connectivity index (χ2v) is 6.59. The van der Waals surface area contributed by atoms with Gasteiger partial charge < -0.3 is 10.6 Å². The van der Waals surface area contributed by atoms with Crippen LogP contribution in [0, 0.1) is 5.92 Å². The van der Waals surface area contributed by atoms with Gasteiger partial charge in [-0.2, -0.15) is 0 Å². The summed E-state index contributed by atoms with van der Waals surface area (Å²) in [7, 11) is 0. The average molecular weight is 262 g/mol. The molecule has 2 nitrogen and oxygen atoms in total. The molecule has 0 amide bonds. The van der Waals surface area contributed by atoms with Gasteiger partial charge >= 0.3 is 0 Å². The third kappa shape index (κ3) is 2.58. The van der Waals surface area contributed by atoms with Gasteiger partial charge in [-0.05, 0) is 50.0 Å². The molecule has 1 saturated heterocycles. The summed E-state index contributed by atoms with van der Waals surface area (Å²) in [6, 6.07) is 8.91. The highest BCUT2D eigenvalue weighted by molar-refractivity contribution is 7.99. The second-order valence-electron chi connectivity index (χ2n) is 5.53. The zero-order valence-electron chi connectivity index (χ0n) is 10.8. The van der Waals surface area contributed by atoms with Gasteiger partial charge in [0.1, 0.15) is 0 Å². The largest absolute Gasteiger partial charge is 0.330 e. The van der Waals surface area contributed by atoms with Gasteiger partial charge in [-0.1, -0.05) is 18.2 Å². The molecule has 0 radical (unpaired) electrons. The molecule has 2 heterocycles. The first-order chi connectivity index (χ1) is 8.86. The smallest absolute Gasteiger partial charge is 0.0108 e. The van der Waals surface area contributed by atoms with Crippen molar-refractivity contribution in [3.63, 3.8) is 0 Å². The van der Waals surface area contributed by atoms with Crippen LogP contribution in [0.25, 0.3) is 0 Å². The number of piperidine rings is 1. The van der Waals surface area contributed by atoms with E-state index in [1.165, 1.54) is 43.1 Å². The third-order valence-electron chi connectivity index (χ3n) is 4.32. The van der Waals surface area contributed by atoms with Gasteiger partial charge in [-0.3, -0.25) is 0 Å². The monoisotopic (exact) mass is 262 g/mol. The number of thioether (sulfide) groups is 1. The first-order valence-electron chi connectivity index (χ1n) is 7.01. The number of nitrogens with two attached hydrogens (primary N) is 1. The minimum Gasteiger partial charge on any atom is -0.330 e. The van der Waals surface area contributed by atoms with E-state index in [9.17, 15) is 0 Å². The summed E-state index contributed by atoms with van der Waals surface area (Å²) < 4.78 is 0. The molecule has 0 aliphatic carbocycles. The van der Waals surface area contributed by atoms with E-state index >= 15 is 0 Å². The van der Waals surface area contributed by atoms with Crippen molar-refractivity contribution in [2.45, 2.75) is 23.7 Å². The molecule has 2 aliphatic heterocycles. The average Bonchev–Trinajstić information content (AvgIpc) is 2.83. The van der Waals surface area contributed by atoms with Crippen molar-refractivity contribution in [2.75, 3.05) is 31.9 Å². The van der Waals surface area contributed by atoms with Crippen molar-refractivity contribution in [3.8, 4) is 0 Å². The molecule has 3 heteroatoms. The van der Waals surface area contributed by atoms with Crippen LogP contribution in [0.5, 0.6) is 0 Å². The van der Waals surface area contributed by atoms with E-state index in [4.69, 9.17) is 5.73 Å². The lowest BCUT2D eigenvalue weighted by Crippen LogP contribution is -2.38. The van der Waals surface area contributed by atoms with E-state index in [1.807, 2.05) is 11.8 Å². The van der Waals surface area contributed by atoms with Gasteiger partial charge in [0.05, 0.1) is 0 Å². The lowest BCUT2D eigenvalue weighted by Gasteiger charge is -2.33. The Balaban J connectivity index is 1.59. The van der Waals surface area contributed by atoms with Crippen LogP contribution in [0.3, 0.4) is 0 Å². The Hall–Kier alpha value is -0.510. The van der Waals surface area contributed by atoms with Crippen LogP contribution in [0.1, 0.15) is 24.3 Å². The van der Waals surface area contributed by atoms with Crippen LogP contribution < -0.4 is 5.73 Å². The number of hydrogen-bond donors (Lipinski definition) is 1. The van der Waals surface area contributed by atoms with Crippen molar-refractivity contribution in [3.05, 3.63) is 29.8 Å². The SMILES string of the molecule is NCC1CCN(CC2CSc3ccccc32)CC1. The van der Waals surface area contributed by atoms with E-state index in [1.54, 1.807) is 5.56 Å². The van der Waals surface area contributed by atoms with E-state index in [-0.39, 0.29) is 0 Å². The summed E-state index contributed by atoms with van der Waals surface area (Å²) in [4.78, 5) is 4.14. The molecule has 18 heavy (non-hydrogen) atoms. The molecule has 0 aromatic heterocycles. The minimum absolute atomic E-state index is 0.737. The fourth-order valence-electron chi connectivity index (χ4n) is 3.10. The number of nitrogens with zero attached hydrogens (tertiary/aromatic N) is 1. The summed E-state index contributed by atoms with van der Waals surface area (Å²) >= 11 is 2.02. The molecule has 2 N–H and O–H groups in total. The Kier molecular flexibility index (Phi) is 3.92. The molecule has 98 valence electrons. The molecule has 1 aromatic rings. The maximum Gasteiger partial charge on any atom is 0.0108 e. The molecule has 2 aliphatic rings. The summed E-state index contributed by atoms with van der Waals surface area (Å²) in [5.41, 5.74) is 7.33. The van der Waals surface area contributed by atoms with E-state index in [2.05, 4.69) is 29.2 Å². The van der Waals surface area contributed by atoms with Crippen molar-refractivity contribution in [2.24, 2.45) is 11.7 Å². The Labute approximate surface area is 114 Å². The number of hydrogen-bond acceptors (Lipinski definition) is 3. The van der Waals surface area contributed by atoms with Crippen LogP contribution in [0.15, 0.2) is 29.2 Å².